The van der Waals surface area contributed by atoms with E-state index in [1.165, 1.54) is 5.56 Å². The van der Waals surface area contributed by atoms with Crippen LogP contribution in [0.1, 0.15) is 35.4 Å². The minimum atomic E-state index is -0.245. The van der Waals surface area contributed by atoms with Gasteiger partial charge in [-0.1, -0.05) is 36.4 Å². The molecule has 110 valence electrons. The molecule has 1 aromatic heterocycles. The monoisotopic (exact) mass is 292 g/mol. The van der Waals surface area contributed by atoms with Crippen LogP contribution in [0, 0.1) is 0 Å². The van der Waals surface area contributed by atoms with E-state index in [4.69, 9.17) is 4.42 Å². The van der Waals surface area contributed by atoms with Crippen LogP contribution in [-0.4, -0.2) is 5.11 Å². The maximum Gasteiger partial charge on any atom is 0.290 e. The molecule has 0 saturated heterocycles. The Morgan fingerprint density at radius 2 is 1.82 bits per heavy atom. The number of hydrogen-bond donors (Lipinski definition) is 1. The molecule has 3 heteroatoms. The predicted octanol–water partition coefficient (Wildman–Crippen LogP) is 3.97. The first-order valence-corrected chi connectivity index (χ1v) is 7.58. The average Bonchev–Trinajstić information content (AvgIpc) is 2.55. The molecule has 1 aliphatic carbocycles. The highest BCUT2D eigenvalue weighted by atomic mass is 16.5. The van der Waals surface area contributed by atoms with Crippen molar-refractivity contribution in [1.29, 1.82) is 0 Å². The first-order valence-electron chi connectivity index (χ1n) is 7.58. The Labute approximate surface area is 127 Å². The molecule has 3 aromatic rings. The number of fused-ring (bicyclic) bond motifs is 2. The minimum Gasteiger partial charge on any atom is -0.480 e. The molecule has 0 aliphatic heterocycles. The standard InChI is InChI=1S/C19H16O3/c20-18-15-9-3-4-11-16(15)22-19(21)17(18)14-10-5-7-12-6-1-2-8-13(12)14/h1-4,6,8-9,11,14,21H,5,7,10H2. The second kappa shape index (κ2) is 5.02. The normalized spacial score (nSPS) is 17.4. The van der Waals surface area contributed by atoms with Crippen molar-refractivity contribution < 1.29 is 9.52 Å². The van der Waals surface area contributed by atoms with Crippen molar-refractivity contribution in [3.05, 3.63) is 75.4 Å². The number of rotatable bonds is 1. The van der Waals surface area contributed by atoms with Gasteiger partial charge in [-0.05, 0) is 42.5 Å². The van der Waals surface area contributed by atoms with E-state index < -0.39 is 0 Å². The molecule has 1 heterocycles. The van der Waals surface area contributed by atoms with E-state index in [1.54, 1.807) is 18.2 Å². The molecule has 22 heavy (non-hydrogen) atoms. The molecular formula is C19H16O3. The zero-order valence-corrected chi connectivity index (χ0v) is 12.1. The Balaban J connectivity index is 1.98. The topological polar surface area (TPSA) is 50.4 Å². The molecule has 0 radical (unpaired) electrons. The zero-order chi connectivity index (χ0) is 15.1. The van der Waals surface area contributed by atoms with Crippen molar-refractivity contribution in [1.82, 2.24) is 0 Å². The summed E-state index contributed by atoms with van der Waals surface area (Å²) in [6.45, 7) is 0. The van der Waals surface area contributed by atoms with Crippen molar-refractivity contribution in [3.63, 3.8) is 0 Å². The van der Waals surface area contributed by atoms with Crippen molar-refractivity contribution in [2.45, 2.75) is 25.2 Å². The molecular weight excluding hydrogens is 276 g/mol. The second-order valence-electron chi connectivity index (χ2n) is 5.79. The van der Waals surface area contributed by atoms with Gasteiger partial charge in [-0.25, -0.2) is 0 Å². The summed E-state index contributed by atoms with van der Waals surface area (Å²) in [5.74, 6) is -0.337. The third-order valence-corrected chi connectivity index (χ3v) is 4.53. The van der Waals surface area contributed by atoms with E-state index in [0.29, 0.717) is 16.5 Å². The third-order valence-electron chi connectivity index (χ3n) is 4.53. The van der Waals surface area contributed by atoms with Gasteiger partial charge in [0.05, 0.1) is 10.9 Å². The highest BCUT2D eigenvalue weighted by molar-refractivity contribution is 5.77. The summed E-state index contributed by atoms with van der Waals surface area (Å²) >= 11 is 0. The van der Waals surface area contributed by atoms with Crippen LogP contribution in [0.5, 0.6) is 5.95 Å². The molecule has 0 spiro atoms. The van der Waals surface area contributed by atoms with Gasteiger partial charge in [-0.3, -0.25) is 4.79 Å². The largest absolute Gasteiger partial charge is 0.480 e. The van der Waals surface area contributed by atoms with Gasteiger partial charge in [0, 0.05) is 5.92 Å². The number of benzene rings is 2. The Morgan fingerprint density at radius 3 is 2.73 bits per heavy atom. The summed E-state index contributed by atoms with van der Waals surface area (Å²) in [4.78, 5) is 12.8. The van der Waals surface area contributed by atoms with Crippen LogP contribution in [0.3, 0.4) is 0 Å². The van der Waals surface area contributed by atoms with Crippen LogP contribution in [0.15, 0.2) is 57.7 Å². The van der Waals surface area contributed by atoms with Gasteiger partial charge in [-0.15, -0.1) is 0 Å². The zero-order valence-electron chi connectivity index (χ0n) is 12.1. The van der Waals surface area contributed by atoms with Gasteiger partial charge < -0.3 is 9.52 Å². The molecule has 0 bridgehead atoms. The van der Waals surface area contributed by atoms with Crippen LogP contribution in [0.4, 0.5) is 0 Å². The summed E-state index contributed by atoms with van der Waals surface area (Å²) in [5, 5.41) is 10.8. The van der Waals surface area contributed by atoms with Crippen molar-refractivity contribution in [2.75, 3.05) is 0 Å². The van der Waals surface area contributed by atoms with Crippen molar-refractivity contribution >= 4 is 11.0 Å². The predicted molar refractivity (Wildman–Crippen MR) is 85.4 cm³/mol. The van der Waals surface area contributed by atoms with Gasteiger partial charge >= 0.3 is 0 Å². The molecule has 2 aromatic carbocycles. The average molecular weight is 292 g/mol. The van der Waals surface area contributed by atoms with Gasteiger partial charge in [0.1, 0.15) is 5.58 Å². The fraction of sp³-hybridized carbons (Fsp3) is 0.211. The Morgan fingerprint density at radius 1 is 1.05 bits per heavy atom. The Bertz CT molecular complexity index is 908. The minimum absolute atomic E-state index is 0.0918. The molecule has 0 saturated carbocycles. The molecule has 0 amide bonds. The van der Waals surface area contributed by atoms with Crippen molar-refractivity contribution in [2.24, 2.45) is 0 Å². The Kier molecular flexibility index (Phi) is 3.00. The smallest absolute Gasteiger partial charge is 0.290 e. The lowest BCUT2D eigenvalue weighted by Crippen LogP contribution is -2.19. The summed E-state index contributed by atoms with van der Waals surface area (Å²) in [6, 6.07) is 15.2. The van der Waals surface area contributed by atoms with Crippen LogP contribution >= 0.6 is 0 Å². The van der Waals surface area contributed by atoms with Crippen LogP contribution in [0.25, 0.3) is 11.0 Å². The van der Waals surface area contributed by atoms with Gasteiger partial charge in [0.15, 0.2) is 5.43 Å². The lowest BCUT2D eigenvalue weighted by molar-refractivity contribution is 0.328. The third kappa shape index (κ3) is 1.93. The fourth-order valence-electron chi connectivity index (χ4n) is 3.51. The molecule has 1 N–H and O–H groups in total. The lowest BCUT2D eigenvalue weighted by Gasteiger charge is -2.25. The van der Waals surface area contributed by atoms with E-state index >= 15 is 0 Å². The van der Waals surface area contributed by atoms with Crippen LogP contribution in [-0.2, 0) is 6.42 Å². The molecule has 1 atom stereocenters. The quantitative estimate of drug-likeness (QED) is 0.738. The van der Waals surface area contributed by atoms with E-state index in [2.05, 4.69) is 6.07 Å². The molecule has 4 rings (SSSR count). The van der Waals surface area contributed by atoms with Crippen LogP contribution in [0.2, 0.25) is 0 Å². The van der Waals surface area contributed by atoms with Gasteiger partial charge in [-0.2, -0.15) is 0 Å². The first-order chi connectivity index (χ1) is 10.8. The fourth-order valence-corrected chi connectivity index (χ4v) is 3.51. The number of aryl methyl sites for hydroxylation is 1. The van der Waals surface area contributed by atoms with Gasteiger partial charge in [0.2, 0.25) is 0 Å². The summed E-state index contributed by atoms with van der Waals surface area (Å²) in [6.07, 6.45) is 2.88. The summed E-state index contributed by atoms with van der Waals surface area (Å²) in [5.41, 5.74) is 3.09. The highest BCUT2D eigenvalue weighted by Gasteiger charge is 2.28. The van der Waals surface area contributed by atoms with E-state index in [9.17, 15) is 9.90 Å². The summed E-state index contributed by atoms with van der Waals surface area (Å²) < 4.78 is 5.50. The summed E-state index contributed by atoms with van der Waals surface area (Å²) in [7, 11) is 0. The van der Waals surface area contributed by atoms with E-state index in [1.807, 2.05) is 24.3 Å². The van der Waals surface area contributed by atoms with E-state index in [-0.39, 0.29) is 17.3 Å². The molecule has 1 aliphatic rings. The number of para-hydroxylation sites is 1. The Hall–Kier alpha value is -2.55. The van der Waals surface area contributed by atoms with E-state index in [0.717, 1.165) is 24.8 Å². The van der Waals surface area contributed by atoms with Crippen molar-refractivity contribution in [3.8, 4) is 5.95 Å². The molecule has 3 nitrogen and oxygen atoms in total. The second-order valence-corrected chi connectivity index (χ2v) is 5.79. The number of hydrogen-bond acceptors (Lipinski definition) is 3. The SMILES string of the molecule is O=c1c(C2CCCc3ccccc32)c(O)oc2ccccc12. The first kappa shape index (κ1) is 13.1. The number of aromatic hydroxyl groups is 1. The maximum absolute atomic E-state index is 12.8. The molecule has 0 fully saturated rings. The maximum atomic E-state index is 12.8. The highest BCUT2D eigenvalue weighted by Crippen LogP contribution is 2.39. The van der Waals surface area contributed by atoms with Crippen LogP contribution < -0.4 is 5.43 Å². The molecule has 1 unspecified atom stereocenters. The van der Waals surface area contributed by atoms with Gasteiger partial charge in [0.25, 0.3) is 5.95 Å². The lowest BCUT2D eigenvalue weighted by atomic mass is 9.79.